The monoisotopic (exact) mass is 741 g/mol. The van der Waals surface area contributed by atoms with Crippen LogP contribution in [0.2, 0.25) is 0 Å². The molecule has 0 saturated carbocycles. The third-order valence-electron chi connectivity index (χ3n) is 11.2. The number of imide groups is 1. The van der Waals surface area contributed by atoms with E-state index in [0.29, 0.717) is 96.6 Å². The Morgan fingerprint density at radius 2 is 1.74 bits per heavy atom. The predicted octanol–water partition coefficient (Wildman–Crippen LogP) is 4.44. The summed E-state index contributed by atoms with van der Waals surface area (Å²) >= 11 is 0. The van der Waals surface area contributed by atoms with Crippen molar-refractivity contribution in [3.05, 3.63) is 82.5 Å². The molecule has 2 N–H and O–H groups in total. The normalized spacial score (nSPS) is 18.8. The molecule has 0 spiro atoms. The number of likely N-dealkylation sites (tertiary alicyclic amines) is 1. The Morgan fingerprint density at radius 1 is 0.981 bits per heavy atom. The number of carbonyl (C=O) groups excluding carboxylic acids is 3. The van der Waals surface area contributed by atoms with E-state index in [9.17, 15) is 19.2 Å². The van der Waals surface area contributed by atoms with Crippen LogP contribution in [0.1, 0.15) is 44.1 Å². The molecule has 0 radical (unpaired) electrons. The molecular weight excluding hydrogens is 696 g/mol. The molecule has 2 aromatic heterocycles. The number of nitrogens with one attached hydrogen (secondary N) is 2. The number of anilines is 2. The van der Waals surface area contributed by atoms with Crippen LogP contribution in [0.15, 0.2) is 59.8 Å². The van der Waals surface area contributed by atoms with Crippen molar-refractivity contribution in [2.75, 3.05) is 50.6 Å². The van der Waals surface area contributed by atoms with Gasteiger partial charge in [-0.05, 0) is 79.5 Å². The molecule has 3 saturated heterocycles. The number of nitrogens with zero attached hydrogens (tertiary/aromatic N) is 5. The molecule has 14 heteroatoms. The molecule has 4 aromatic rings. The molecule has 3 aliphatic rings. The number of fused-ring (bicyclic) bond motifs is 1. The summed E-state index contributed by atoms with van der Waals surface area (Å²) in [6.07, 6.45) is 8.16. The van der Waals surface area contributed by atoms with Gasteiger partial charge in [0.2, 0.25) is 17.7 Å². The number of carbonyl (C=O) groups is 3. The van der Waals surface area contributed by atoms with Gasteiger partial charge >= 0.3 is 0 Å². The predicted molar refractivity (Wildman–Crippen MR) is 201 cm³/mol. The maximum atomic E-state index is 15.8. The second-order valence-electron chi connectivity index (χ2n) is 14.6. The highest BCUT2D eigenvalue weighted by Crippen LogP contribution is 2.35. The first-order valence-electron chi connectivity index (χ1n) is 18.4. The number of amides is 3. The number of piperidine rings is 3. The Kier molecular flexibility index (Phi) is 10.6. The number of pyridine rings is 2. The molecular formula is C40H45F2N7O5. The molecule has 2 aromatic carbocycles. The van der Waals surface area contributed by atoms with Crippen LogP contribution in [0, 0.1) is 17.6 Å². The lowest BCUT2D eigenvalue weighted by atomic mass is 9.93. The molecule has 3 aliphatic heterocycles. The van der Waals surface area contributed by atoms with Gasteiger partial charge in [-0.3, -0.25) is 34.4 Å². The summed E-state index contributed by atoms with van der Waals surface area (Å²) in [6.45, 7) is 2.83. The highest BCUT2D eigenvalue weighted by molar-refractivity contribution is 6.01. The fourth-order valence-electron chi connectivity index (χ4n) is 8.05. The summed E-state index contributed by atoms with van der Waals surface area (Å²) in [7, 11) is 5.05. The maximum absolute atomic E-state index is 15.8. The fraction of sp³-hybridized carbons (Fsp3) is 0.425. The van der Waals surface area contributed by atoms with Gasteiger partial charge in [0.25, 0.3) is 5.56 Å². The number of rotatable bonds is 9. The minimum Gasteiger partial charge on any atom is -0.496 e. The lowest BCUT2D eigenvalue weighted by Crippen LogP contribution is -2.49. The van der Waals surface area contributed by atoms with E-state index in [-0.39, 0.29) is 41.6 Å². The number of hydrogen-bond donors (Lipinski definition) is 2. The molecule has 0 aliphatic carbocycles. The zero-order chi connectivity index (χ0) is 38.1. The Hall–Kier alpha value is -5.37. The van der Waals surface area contributed by atoms with E-state index in [1.165, 1.54) is 30.0 Å². The van der Waals surface area contributed by atoms with Crippen molar-refractivity contribution in [1.82, 2.24) is 24.7 Å². The van der Waals surface area contributed by atoms with Crippen molar-refractivity contribution in [3.63, 3.8) is 0 Å². The third-order valence-corrected chi connectivity index (χ3v) is 11.2. The average molecular weight is 742 g/mol. The first-order chi connectivity index (χ1) is 26.0. The molecule has 12 nitrogen and oxygen atoms in total. The maximum Gasteiger partial charge on any atom is 0.259 e. The van der Waals surface area contributed by atoms with Gasteiger partial charge in [-0.15, -0.1) is 0 Å². The highest BCUT2D eigenvalue weighted by Gasteiger charge is 2.33. The van der Waals surface area contributed by atoms with Crippen molar-refractivity contribution < 1.29 is 27.9 Å². The van der Waals surface area contributed by atoms with Crippen molar-refractivity contribution >= 4 is 39.9 Å². The summed E-state index contributed by atoms with van der Waals surface area (Å²) < 4.78 is 38.2. The second-order valence-corrected chi connectivity index (χ2v) is 14.6. The van der Waals surface area contributed by atoms with Gasteiger partial charge in [-0.25, -0.2) is 8.78 Å². The van der Waals surface area contributed by atoms with Gasteiger partial charge in [0.05, 0.1) is 18.2 Å². The molecule has 1 unspecified atom stereocenters. The van der Waals surface area contributed by atoms with Crippen LogP contribution in [0.3, 0.4) is 0 Å². The number of halogens is 2. The Balaban J connectivity index is 0.923. The topological polar surface area (TPSA) is 129 Å². The van der Waals surface area contributed by atoms with E-state index in [2.05, 4.69) is 20.5 Å². The van der Waals surface area contributed by atoms with E-state index in [0.717, 1.165) is 12.8 Å². The first kappa shape index (κ1) is 37.0. The third kappa shape index (κ3) is 7.52. The number of aryl methyl sites for hydroxylation is 1. The van der Waals surface area contributed by atoms with Crippen molar-refractivity contribution in [3.8, 4) is 16.9 Å². The van der Waals surface area contributed by atoms with Gasteiger partial charge in [-0.1, -0.05) is 0 Å². The van der Waals surface area contributed by atoms with E-state index in [1.807, 2.05) is 22.9 Å². The van der Waals surface area contributed by atoms with Crippen LogP contribution >= 0.6 is 0 Å². The SMILES string of the molecule is COc1cc(-c2cn(C)c(=O)c3cnccc23)cc(F)c1CN1CCC(N(C)C(=O)C2CCN(c3ccc(NC4CCC(=O)NC4=O)cc3F)CC2)CC1. The highest BCUT2D eigenvalue weighted by atomic mass is 19.1. The van der Waals surface area contributed by atoms with Gasteiger partial charge in [-0.2, -0.15) is 0 Å². The minimum absolute atomic E-state index is 0.0650. The summed E-state index contributed by atoms with van der Waals surface area (Å²) in [6, 6.07) is 9.32. The van der Waals surface area contributed by atoms with E-state index < -0.39 is 17.8 Å². The smallest absolute Gasteiger partial charge is 0.259 e. The molecule has 0 bridgehead atoms. The fourth-order valence-corrected chi connectivity index (χ4v) is 8.05. The van der Waals surface area contributed by atoms with E-state index >= 15 is 8.78 Å². The van der Waals surface area contributed by atoms with E-state index in [1.54, 1.807) is 37.6 Å². The van der Waals surface area contributed by atoms with E-state index in [4.69, 9.17) is 4.74 Å². The molecule has 3 amide bonds. The van der Waals surface area contributed by atoms with Crippen LogP contribution in [0.25, 0.3) is 21.9 Å². The number of ether oxygens (including phenoxy) is 1. The summed E-state index contributed by atoms with van der Waals surface area (Å²) in [4.78, 5) is 59.9. The largest absolute Gasteiger partial charge is 0.496 e. The van der Waals surface area contributed by atoms with Crippen molar-refractivity contribution in [2.24, 2.45) is 13.0 Å². The van der Waals surface area contributed by atoms with Crippen LogP contribution in [-0.4, -0.2) is 89.5 Å². The van der Waals surface area contributed by atoms with Crippen LogP contribution in [0.4, 0.5) is 20.2 Å². The first-order valence-corrected chi connectivity index (χ1v) is 18.4. The molecule has 5 heterocycles. The summed E-state index contributed by atoms with van der Waals surface area (Å²) in [5.41, 5.74) is 2.52. The number of benzene rings is 2. The zero-order valence-corrected chi connectivity index (χ0v) is 30.7. The number of hydrogen-bond acceptors (Lipinski definition) is 9. The molecule has 3 fully saturated rings. The summed E-state index contributed by atoms with van der Waals surface area (Å²) in [5, 5.41) is 6.46. The summed E-state index contributed by atoms with van der Waals surface area (Å²) in [5.74, 6) is -1.14. The Labute approximate surface area is 312 Å². The minimum atomic E-state index is -0.594. The van der Waals surface area contributed by atoms with Crippen LogP contribution in [0.5, 0.6) is 5.75 Å². The molecule has 54 heavy (non-hydrogen) atoms. The average Bonchev–Trinajstić information content (AvgIpc) is 3.18. The van der Waals surface area contributed by atoms with Crippen LogP contribution in [-0.2, 0) is 28.0 Å². The molecule has 1 atom stereocenters. The second kappa shape index (κ2) is 15.5. The standard InChI is InChI=1S/C40H45F2N7O5/c1-46-22-30(28-8-13-43-21-29(28)40(46)53)25-18-32(41)31(36(19-25)54-3)23-48-14-11-27(12-15-48)47(2)39(52)24-9-16-49(17-10-24)35-6-4-26(20-33(35)42)44-34-5-7-37(50)45-38(34)51/h4,6,8,13,18-22,24,27,34,44H,5,7,9-12,14-17,23H2,1-3H3,(H,45,50,51). The molecule has 284 valence electrons. The Bertz CT molecular complexity index is 2140. The Morgan fingerprint density at radius 3 is 2.44 bits per heavy atom. The molecule has 7 rings (SSSR count). The number of aromatic nitrogens is 2. The number of methoxy groups -OCH3 is 1. The van der Waals surface area contributed by atoms with Crippen LogP contribution < -0.4 is 25.8 Å². The van der Waals surface area contributed by atoms with Crippen molar-refractivity contribution in [1.29, 1.82) is 0 Å². The van der Waals surface area contributed by atoms with Gasteiger partial charge < -0.3 is 24.4 Å². The quantitative estimate of drug-likeness (QED) is 0.239. The lowest BCUT2D eigenvalue weighted by molar-refractivity contribution is -0.138. The van der Waals surface area contributed by atoms with Crippen molar-refractivity contribution in [2.45, 2.75) is 57.2 Å². The van der Waals surface area contributed by atoms with Gasteiger partial charge in [0, 0.05) is 101 Å². The zero-order valence-electron chi connectivity index (χ0n) is 30.7. The van der Waals surface area contributed by atoms with Gasteiger partial charge in [0.15, 0.2) is 0 Å². The lowest BCUT2D eigenvalue weighted by Gasteiger charge is -2.40. The van der Waals surface area contributed by atoms with Gasteiger partial charge in [0.1, 0.15) is 23.4 Å².